The predicted molar refractivity (Wildman–Crippen MR) is 102 cm³/mol. The quantitative estimate of drug-likeness (QED) is 0.875. The molecule has 0 aromatic carbocycles. The van der Waals surface area contributed by atoms with Gasteiger partial charge in [-0.05, 0) is 43.7 Å². The van der Waals surface area contributed by atoms with Crippen molar-refractivity contribution in [3.05, 3.63) is 34.0 Å². The molecule has 26 heavy (non-hydrogen) atoms. The van der Waals surface area contributed by atoms with E-state index in [2.05, 4.69) is 31.0 Å². The smallest absolute Gasteiger partial charge is 0.234 e. The second-order valence-corrected chi connectivity index (χ2v) is 8.40. The predicted octanol–water partition coefficient (Wildman–Crippen LogP) is 2.56. The third kappa shape index (κ3) is 4.15. The van der Waals surface area contributed by atoms with E-state index in [1.54, 1.807) is 11.3 Å². The first-order chi connectivity index (χ1) is 12.8. The molecule has 1 saturated heterocycles. The van der Waals surface area contributed by atoms with Gasteiger partial charge in [-0.25, -0.2) is 0 Å². The number of carbonyl (C=O) groups excluding carboxylic acids is 1. The Morgan fingerprint density at radius 3 is 3.08 bits per heavy atom. The molecule has 1 amide bonds. The maximum absolute atomic E-state index is 12.3. The van der Waals surface area contributed by atoms with Crippen molar-refractivity contribution in [2.45, 2.75) is 57.5 Å². The van der Waals surface area contributed by atoms with Crippen molar-refractivity contribution in [1.29, 1.82) is 0 Å². The second kappa shape index (κ2) is 8.31. The maximum atomic E-state index is 12.3. The van der Waals surface area contributed by atoms with Gasteiger partial charge < -0.3 is 9.88 Å². The van der Waals surface area contributed by atoms with Crippen LogP contribution in [0.2, 0.25) is 0 Å². The van der Waals surface area contributed by atoms with Gasteiger partial charge in [0.05, 0.1) is 13.1 Å². The summed E-state index contributed by atoms with van der Waals surface area (Å²) in [6, 6.07) is 4.07. The molecule has 7 heteroatoms. The van der Waals surface area contributed by atoms with E-state index in [9.17, 15) is 4.79 Å². The van der Waals surface area contributed by atoms with Crippen LogP contribution in [0, 0.1) is 0 Å². The Morgan fingerprint density at radius 1 is 1.23 bits per heavy atom. The first-order valence-electron chi connectivity index (χ1n) is 9.73. The van der Waals surface area contributed by atoms with E-state index in [4.69, 9.17) is 0 Å². The van der Waals surface area contributed by atoms with Crippen LogP contribution in [0.1, 0.15) is 54.5 Å². The highest BCUT2D eigenvalue weighted by Gasteiger charge is 2.28. The molecule has 2 aliphatic rings. The summed E-state index contributed by atoms with van der Waals surface area (Å²) >= 11 is 1.68. The van der Waals surface area contributed by atoms with Gasteiger partial charge in [-0.15, -0.1) is 21.5 Å². The van der Waals surface area contributed by atoms with Crippen LogP contribution in [0.4, 0.5) is 0 Å². The van der Waals surface area contributed by atoms with Crippen molar-refractivity contribution in [2.24, 2.45) is 0 Å². The number of nitrogens with one attached hydrogen (secondary N) is 1. The molecule has 2 aromatic heterocycles. The van der Waals surface area contributed by atoms with Gasteiger partial charge in [-0.3, -0.25) is 9.69 Å². The largest absolute Gasteiger partial charge is 0.350 e. The molecule has 6 nitrogen and oxygen atoms in total. The minimum absolute atomic E-state index is 0.110. The number of likely N-dealkylation sites (tertiary alicyclic amines) is 1. The standard InChI is InChI=1S/C19H27N5OS/c25-18(20-12-16-7-5-11-26-16)14-23-9-4-6-15(13-23)19-22-21-17-8-2-1-3-10-24(17)19/h5,7,11,15H,1-4,6,8-10,12-14H2,(H,20,25). The monoisotopic (exact) mass is 373 g/mol. The molecule has 0 bridgehead atoms. The number of carbonyl (C=O) groups is 1. The van der Waals surface area contributed by atoms with E-state index in [0.29, 0.717) is 19.0 Å². The Hall–Kier alpha value is -1.73. The average Bonchev–Trinajstić information content (AvgIpc) is 3.25. The summed E-state index contributed by atoms with van der Waals surface area (Å²) in [6.45, 7) is 4.05. The van der Waals surface area contributed by atoms with Crippen LogP contribution in [-0.2, 0) is 24.3 Å². The van der Waals surface area contributed by atoms with E-state index >= 15 is 0 Å². The Bertz CT molecular complexity index is 726. The minimum Gasteiger partial charge on any atom is -0.350 e. The van der Waals surface area contributed by atoms with Crippen LogP contribution in [0.5, 0.6) is 0 Å². The zero-order valence-corrected chi connectivity index (χ0v) is 16.0. The molecular weight excluding hydrogens is 346 g/mol. The van der Waals surface area contributed by atoms with Gasteiger partial charge in [-0.1, -0.05) is 12.5 Å². The van der Waals surface area contributed by atoms with Gasteiger partial charge in [0.1, 0.15) is 11.6 Å². The van der Waals surface area contributed by atoms with Crippen LogP contribution in [0.3, 0.4) is 0 Å². The summed E-state index contributed by atoms with van der Waals surface area (Å²) in [5.41, 5.74) is 0. The molecule has 1 N–H and O–H groups in total. The van der Waals surface area contributed by atoms with Crippen LogP contribution in [0.25, 0.3) is 0 Å². The zero-order valence-electron chi connectivity index (χ0n) is 15.2. The number of nitrogens with zero attached hydrogens (tertiary/aromatic N) is 4. The molecule has 1 fully saturated rings. The second-order valence-electron chi connectivity index (χ2n) is 7.37. The van der Waals surface area contributed by atoms with Crippen LogP contribution >= 0.6 is 11.3 Å². The molecule has 1 atom stereocenters. The van der Waals surface area contributed by atoms with Crippen molar-refractivity contribution in [3.63, 3.8) is 0 Å². The van der Waals surface area contributed by atoms with Crippen molar-refractivity contribution in [1.82, 2.24) is 25.0 Å². The topological polar surface area (TPSA) is 63.1 Å². The molecule has 4 rings (SSSR count). The number of rotatable bonds is 5. The SMILES string of the molecule is O=C(CN1CCCC(c2nnc3n2CCCCC3)C1)NCc1cccs1. The molecule has 2 aliphatic heterocycles. The summed E-state index contributed by atoms with van der Waals surface area (Å²) in [6.07, 6.45) is 7.04. The Balaban J connectivity index is 1.34. The van der Waals surface area contributed by atoms with Crippen molar-refractivity contribution in [2.75, 3.05) is 19.6 Å². The molecule has 0 aliphatic carbocycles. The van der Waals surface area contributed by atoms with E-state index in [1.807, 2.05) is 11.4 Å². The van der Waals surface area contributed by atoms with Gasteiger partial charge in [0.15, 0.2) is 0 Å². The van der Waals surface area contributed by atoms with E-state index in [1.165, 1.54) is 24.1 Å². The summed E-state index contributed by atoms with van der Waals surface area (Å²) in [4.78, 5) is 15.8. The van der Waals surface area contributed by atoms with Crippen molar-refractivity contribution in [3.8, 4) is 0 Å². The van der Waals surface area contributed by atoms with Gasteiger partial charge in [0.2, 0.25) is 5.91 Å². The van der Waals surface area contributed by atoms with Gasteiger partial charge >= 0.3 is 0 Å². The summed E-state index contributed by atoms with van der Waals surface area (Å²) in [7, 11) is 0. The average molecular weight is 374 g/mol. The Morgan fingerprint density at radius 2 is 2.19 bits per heavy atom. The molecule has 0 radical (unpaired) electrons. The fourth-order valence-corrected chi connectivity index (χ4v) is 4.72. The fraction of sp³-hybridized carbons (Fsp3) is 0.632. The maximum Gasteiger partial charge on any atom is 0.234 e. The number of aromatic nitrogens is 3. The summed E-state index contributed by atoms with van der Waals surface area (Å²) in [5.74, 6) is 2.81. The summed E-state index contributed by atoms with van der Waals surface area (Å²) in [5, 5.41) is 14.1. The lowest BCUT2D eigenvalue weighted by Crippen LogP contribution is -2.42. The first-order valence-corrected chi connectivity index (χ1v) is 10.6. The van der Waals surface area contributed by atoms with Crippen LogP contribution in [0.15, 0.2) is 17.5 Å². The highest BCUT2D eigenvalue weighted by atomic mass is 32.1. The number of hydrogen-bond donors (Lipinski definition) is 1. The number of aryl methyl sites for hydroxylation is 1. The van der Waals surface area contributed by atoms with Crippen molar-refractivity contribution >= 4 is 17.2 Å². The summed E-state index contributed by atoms with van der Waals surface area (Å²) < 4.78 is 2.36. The lowest BCUT2D eigenvalue weighted by atomic mass is 9.97. The fourth-order valence-electron chi connectivity index (χ4n) is 4.08. The number of thiophene rings is 1. The van der Waals surface area contributed by atoms with E-state index < -0.39 is 0 Å². The Labute approximate surface area is 158 Å². The normalized spacial score (nSPS) is 21.2. The highest BCUT2D eigenvalue weighted by Crippen LogP contribution is 2.27. The molecule has 1 unspecified atom stereocenters. The zero-order chi connectivity index (χ0) is 17.8. The number of hydrogen-bond acceptors (Lipinski definition) is 5. The minimum atomic E-state index is 0.110. The molecule has 140 valence electrons. The van der Waals surface area contributed by atoms with E-state index in [-0.39, 0.29) is 5.91 Å². The molecular formula is C19H27N5OS. The van der Waals surface area contributed by atoms with Gasteiger partial charge in [0, 0.05) is 30.3 Å². The van der Waals surface area contributed by atoms with Gasteiger partial charge in [-0.2, -0.15) is 0 Å². The third-order valence-electron chi connectivity index (χ3n) is 5.42. The number of piperidine rings is 1. The molecule has 2 aromatic rings. The van der Waals surface area contributed by atoms with E-state index in [0.717, 1.165) is 50.5 Å². The Kier molecular flexibility index (Phi) is 5.65. The van der Waals surface area contributed by atoms with Crippen LogP contribution in [-0.4, -0.2) is 45.2 Å². The first kappa shape index (κ1) is 17.7. The van der Waals surface area contributed by atoms with Gasteiger partial charge in [0.25, 0.3) is 0 Å². The van der Waals surface area contributed by atoms with Crippen LogP contribution < -0.4 is 5.32 Å². The lowest BCUT2D eigenvalue weighted by molar-refractivity contribution is -0.122. The highest BCUT2D eigenvalue weighted by molar-refractivity contribution is 7.09. The molecule has 0 spiro atoms. The molecule has 4 heterocycles. The number of fused-ring (bicyclic) bond motifs is 1. The third-order valence-corrected chi connectivity index (χ3v) is 6.29. The molecule has 0 saturated carbocycles. The number of amides is 1. The lowest BCUT2D eigenvalue weighted by Gasteiger charge is -2.31. The van der Waals surface area contributed by atoms with Crippen molar-refractivity contribution < 1.29 is 4.79 Å².